The first-order valence-electron chi connectivity index (χ1n) is 10.7. The van der Waals surface area contributed by atoms with Gasteiger partial charge in [0.2, 0.25) is 5.95 Å². The number of rotatable bonds is 10. The van der Waals surface area contributed by atoms with Crippen molar-refractivity contribution < 1.29 is 9.53 Å². The van der Waals surface area contributed by atoms with E-state index in [1.165, 1.54) is 0 Å². The van der Waals surface area contributed by atoms with E-state index < -0.39 is 0 Å². The highest BCUT2D eigenvalue weighted by Gasteiger charge is 2.15. The van der Waals surface area contributed by atoms with Crippen molar-refractivity contribution in [1.82, 2.24) is 24.3 Å². The van der Waals surface area contributed by atoms with Crippen LogP contribution in [0.15, 0.2) is 30.9 Å². The van der Waals surface area contributed by atoms with E-state index in [0.717, 1.165) is 36.1 Å². The number of nitrogens with zero attached hydrogens (tertiary/aromatic N) is 5. The van der Waals surface area contributed by atoms with E-state index in [2.05, 4.69) is 46.9 Å². The molecule has 0 bridgehead atoms. The van der Waals surface area contributed by atoms with E-state index in [1.54, 1.807) is 17.1 Å². The Bertz CT molecular complexity index is 977. The summed E-state index contributed by atoms with van der Waals surface area (Å²) in [4.78, 5) is 21.0. The minimum absolute atomic E-state index is 0.0718. The molecule has 1 unspecified atom stereocenters. The molecule has 0 amide bonds. The quantitative estimate of drug-likeness (QED) is 0.497. The van der Waals surface area contributed by atoms with E-state index in [9.17, 15) is 4.79 Å². The third kappa shape index (κ3) is 5.37. The SMILES string of the molecule is CCC(Cn1ccc2cnc(Nc3cnn(CC(=O)O[C@@H](C)CC)c3)nc21)C(C)C. The second kappa shape index (κ2) is 9.73. The molecule has 1 N–H and O–H groups in total. The standard InChI is InChI=1S/C22H32N6O2/c1-6-16(5)30-20(29)14-28-13-19(11-24-28)25-22-23-10-18-8-9-27(21(18)26-22)12-17(7-2)15(3)4/h8-11,13,15-17H,6-7,12,14H2,1-5H3,(H,23,25,26)/t16-,17?/m0/s1. The normalized spacial score (nSPS) is 13.5. The molecule has 0 fully saturated rings. The van der Waals surface area contributed by atoms with E-state index >= 15 is 0 Å². The Morgan fingerprint density at radius 3 is 2.70 bits per heavy atom. The van der Waals surface area contributed by atoms with Crippen LogP contribution in [0.4, 0.5) is 11.6 Å². The molecule has 0 aliphatic carbocycles. The molecule has 0 aliphatic rings. The highest BCUT2D eigenvalue weighted by molar-refractivity contribution is 5.76. The maximum atomic E-state index is 11.9. The fourth-order valence-electron chi connectivity index (χ4n) is 3.36. The third-order valence-corrected chi connectivity index (χ3v) is 5.49. The summed E-state index contributed by atoms with van der Waals surface area (Å²) in [7, 11) is 0. The highest BCUT2D eigenvalue weighted by atomic mass is 16.5. The summed E-state index contributed by atoms with van der Waals surface area (Å²) in [6, 6.07) is 2.05. The third-order valence-electron chi connectivity index (χ3n) is 5.49. The minimum atomic E-state index is -0.301. The smallest absolute Gasteiger partial charge is 0.328 e. The van der Waals surface area contributed by atoms with Gasteiger partial charge in [0, 0.05) is 30.5 Å². The molecule has 8 heteroatoms. The van der Waals surface area contributed by atoms with Gasteiger partial charge < -0.3 is 14.6 Å². The monoisotopic (exact) mass is 412 g/mol. The lowest BCUT2D eigenvalue weighted by Crippen LogP contribution is -2.19. The fraction of sp³-hybridized carbons (Fsp3) is 0.545. The average Bonchev–Trinajstić information content (AvgIpc) is 3.32. The Kier molecular flexibility index (Phi) is 7.07. The summed E-state index contributed by atoms with van der Waals surface area (Å²) in [5.74, 6) is 1.41. The van der Waals surface area contributed by atoms with Crippen LogP contribution in [0.5, 0.6) is 0 Å². The summed E-state index contributed by atoms with van der Waals surface area (Å²) in [5, 5.41) is 8.41. The first-order chi connectivity index (χ1) is 14.4. The molecule has 8 nitrogen and oxygen atoms in total. The van der Waals surface area contributed by atoms with Crippen molar-refractivity contribution in [3.05, 3.63) is 30.9 Å². The van der Waals surface area contributed by atoms with Gasteiger partial charge in [-0.2, -0.15) is 10.1 Å². The van der Waals surface area contributed by atoms with E-state index in [4.69, 9.17) is 9.72 Å². The highest BCUT2D eigenvalue weighted by Crippen LogP contribution is 2.22. The van der Waals surface area contributed by atoms with Gasteiger partial charge >= 0.3 is 5.97 Å². The fourth-order valence-corrected chi connectivity index (χ4v) is 3.36. The van der Waals surface area contributed by atoms with Gasteiger partial charge in [-0.15, -0.1) is 0 Å². The summed E-state index contributed by atoms with van der Waals surface area (Å²) in [5.41, 5.74) is 1.63. The first kappa shape index (κ1) is 21.8. The maximum absolute atomic E-state index is 11.9. The minimum Gasteiger partial charge on any atom is -0.461 e. The van der Waals surface area contributed by atoms with Crippen molar-refractivity contribution in [2.24, 2.45) is 11.8 Å². The van der Waals surface area contributed by atoms with Crippen molar-refractivity contribution in [3.8, 4) is 0 Å². The van der Waals surface area contributed by atoms with Crippen LogP contribution in [0, 0.1) is 11.8 Å². The van der Waals surface area contributed by atoms with Gasteiger partial charge in [0.15, 0.2) is 0 Å². The van der Waals surface area contributed by atoms with Gasteiger partial charge in [-0.05, 0) is 31.2 Å². The Hall–Kier alpha value is -2.90. The average molecular weight is 413 g/mol. The molecular formula is C22H32N6O2. The molecule has 162 valence electrons. The molecule has 0 aromatic carbocycles. The summed E-state index contributed by atoms with van der Waals surface area (Å²) in [6.45, 7) is 11.6. The van der Waals surface area contributed by atoms with Crippen LogP contribution in [-0.2, 0) is 22.6 Å². The number of carbonyl (C=O) groups excluding carboxylic acids is 1. The molecule has 3 aromatic heterocycles. The lowest BCUT2D eigenvalue weighted by molar-refractivity contribution is -0.149. The maximum Gasteiger partial charge on any atom is 0.328 e. The van der Waals surface area contributed by atoms with Gasteiger partial charge in [-0.1, -0.05) is 34.1 Å². The molecule has 3 heterocycles. The van der Waals surface area contributed by atoms with Crippen LogP contribution >= 0.6 is 0 Å². The molecule has 30 heavy (non-hydrogen) atoms. The number of nitrogens with one attached hydrogen (secondary N) is 1. The molecule has 0 saturated heterocycles. The van der Waals surface area contributed by atoms with Crippen molar-refractivity contribution in [2.45, 2.75) is 66.7 Å². The number of carbonyl (C=O) groups is 1. The van der Waals surface area contributed by atoms with E-state index in [0.29, 0.717) is 17.8 Å². The Balaban J connectivity index is 1.70. The van der Waals surface area contributed by atoms with Crippen LogP contribution in [0.2, 0.25) is 0 Å². The number of esters is 1. The number of hydrogen-bond acceptors (Lipinski definition) is 6. The van der Waals surface area contributed by atoms with Crippen molar-refractivity contribution in [1.29, 1.82) is 0 Å². The lowest BCUT2D eigenvalue weighted by atomic mass is 9.93. The van der Waals surface area contributed by atoms with Gasteiger partial charge in [0.25, 0.3) is 0 Å². The van der Waals surface area contributed by atoms with Gasteiger partial charge in [-0.25, -0.2) is 4.98 Å². The number of hydrogen-bond donors (Lipinski definition) is 1. The van der Waals surface area contributed by atoms with Gasteiger partial charge in [0.1, 0.15) is 12.2 Å². The zero-order valence-electron chi connectivity index (χ0n) is 18.5. The van der Waals surface area contributed by atoms with E-state index in [1.807, 2.05) is 26.1 Å². The molecular weight excluding hydrogens is 380 g/mol. The molecule has 0 radical (unpaired) electrons. The number of ether oxygens (including phenoxy) is 1. The predicted molar refractivity (Wildman–Crippen MR) is 118 cm³/mol. The van der Waals surface area contributed by atoms with Gasteiger partial charge in [0.05, 0.1) is 18.0 Å². The van der Waals surface area contributed by atoms with Crippen LogP contribution in [0.25, 0.3) is 11.0 Å². The summed E-state index contributed by atoms with van der Waals surface area (Å²) in [6.07, 6.45) is 9.12. The topological polar surface area (TPSA) is 86.9 Å². The summed E-state index contributed by atoms with van der Waals surface area (Å²) >= 11 is 0. The molecule has 0 spiro atoms. The summed E-state index contributed by atoms with van der Waals surface area (Å²) < 4.78 is 9.04. The predicted octanol–water partition coefficient (Wildman–Crippen LogP) is 4.40. The van der Waals surface area contributed by atoms with Crippen LogP contribution in [0.3, 0.4) is 0 Å². The van der Waals surface area contributed by atoms with Crippen LogP contribution < -0.4 is 5.32 Å². The molecule has 2 atom stereocenters. The number of anilines is 2. The molecule has 0 saturated carbocycles. The second-order valence-electron chi connectivity index (χ2n) is 8.11. The van der Waals surface area contributed by atoms with Crippen LogP contribution in [-0.4, -0.2) is 36.4 Å². The van der Waals surface area contributed by atoms with Crippen molar-refractivity contribution in [3.63, 3.8) is 0 Å². The zero-order chi connectivity index (χ0) is 21.7. The number of aromatic nitrogens is 5. The number of fused-ring (bicyclic) bond motifs is 1. The first-order valence-corrected chi connectivity index (χ1v) is 10.7. The van der Waals surface area contributed by atoms with E-state index in [-0.39, 0.29) is 18.6 Å². The van der Waals surface area contributed by atoms with Crippen molar-refractivity contribution in [2.75, 3.05) is 5.32 Å². The Morgan fingerprint density at radius 1 is 1.20 bits per heavy atom. The molecule has 3 rings (SSSR count). The molecule has 0 aliphatic heterocycles. The largest absolute Gasteiger partial charge is 0.461 e. The van der Waals surface area contributed by atoms with Crippen molar-refractivity contribution >= 4 is 28.6 Å². The van der Waals surface area contributed by atoms with Crippen LogP contribution in [0.1, 0.15) is 47.5 Å². The Labute approximate surface area is 177 Å². The lowest BCUT2D eigenvalue weighted by Gasteiger charge is -2.20. The van der Waals surface area contributed by atoms with Gasteiger partial charge in [-0.3, -0.25) is 9.48 Å². The second-order valence-corrected chi connectivity index (χ2v) is 8.11. The zero-order valence-corrected chi connectivity index (χ0v) is 18.5. The Morgan fingerprint density at radius 2 is 2.00 bits per heavy atom. The molecule has 3 aromatic rings.